The summed E-state index contributed by atoms with van der Waals surface area (Å²) in [4.78, 5) is 29.2. The molecule has 0 aliphatic heterocycles. The van der Waals surface area contributed by atoms with Gasteiger partial charge in [0.25, 0.3) is 10.0 Å². The fourth-order valence-electron chi connectivity index (χ4n) is 4.57. The van der Waals surface area contributed by atoms with Crippen molar-refractivity contribution >= 4 is 50.7 Å². The second-order valence-corrected chi connectivity index (χ2v) is 13.2. The van der Waals surface area contributed by atoms with Crippen LogP contribution in [0.4, 0.5) is 5.69 Å². The van der Waals surface area contributed by atoms with Crippen LogP contribution < -0.4 is 9.62 Å². The Morgan fingerprint density at radius 2 is 1.48 bits per heavy atom. The Hall–Kier alpha value is -3.07. The van der Waals surface area contributed by atoms with Crippen LogP contribution in [-0.4, -0.2) is 43.8 Å². The predicted octanol–water partition coefficient (Wildman–Crippen LogP) is 6.84. The summed E-state index contributed by atoms with van der Waals surface area (Å²) in [6.07, 6.45) is 1.01. The minimum absolute atomic E-state index is 0.0593. The Labute approximate surface area is 259 Å². The average Bonchev–Trinajstić information content (AvgIpc) is 2.94. The maximum Gasteiger partial charge on any atom is 0.264 e. The molecule has 3 aromatic carbocycles. The van der Waals surface area contributed by atoms with Gasteiger partial charge in [-0.3, -0.25) is 13.9 Å². The predicted molar refractivity (Wildman–Crippen MR) is 171 cm³/mol. The van der Waals surface area contributed by atoms with Crippen molar-refractivity contribution in [3.8, 4) is 0 Å². The molecule has 3 aromatic rings. The fourth-order valence-corrected chi connectivity index (χ4v) is 6.56. The number of anilines is 1. The molecule has 0 bridgehead atoms. The van der Waals surface area contributed by atoms with Crippen LogP contribution in [0.5, 0.6) is 0 Å². The molecule has 2 unspecified atom stereocenters. The van der Waals surface area contributed by atoms with Crippen LogP contribution in [0, 0.1) is 20.8 Å². The van der Waals surface area contributed by atoms with Gasteiger partial charge in [-0.2, -0.15) is 0 Å². The lowest BCUT2D eigenvalue weighted by molar-refractivity contribution is -0.140. The van der Waals surface area contributed by atoms with E-state index < -0.39 is 28.5 Å². The van der Waals surface area contributed by atoms with Gasteiger partial charge in [0.1, 0.15) is 12.6 Å². The molecule has 42 heavy (non-hydrogen) atoms. The molecule has 3 rings (SSSR count). The van der Waals surface area contributed by atoms with Crippen molar-refractivity contribution in [3.63, 3.8) is 0 Å². The highest BCUT2D eigenvalue weighted by molar-refractivity contribution is 7.92. The molecule has 0 spiro atoms. The monoisotopic (exact) mass is 631 g/mol. The van der Waals surface area contributed by atoms with Gasteiger partial charge < -0.3 is 10.2 Å². The summed E-state index contributed by atoms with van der Waals surface area (Å²) in [6, 6.07) is 15.8. The first-order valence-corrected chi connectivity index (χ1v) is 16.2. The third-order valence-electron chi connectivity index (χ3n) is 7.51. The number of carbonyl (C=O) groups is 2. The van der Waals surface area contributed by atoms with Crippen LogP contribution in [0.2, 0.25) is 10.0 Å². The molecule has 2 atom stereocenters. The molecule has 226 valence electrons. The first-order chi connectivity index (χ1) is 19.8. The van der Waals surface area contributed by atoms with Gasteiger partial charge in [-0.1, -0.05) is 72.9 Å². The summed E-state index contributed by atoms with van der Waals surface area (Å²) in [7, 11) is -4.17. The number of sulfonamides is 1. The maximum absolute atomic E-state index is 14.3. The van der Waals surface area contributed by atoms with E-state index in [1.54, 1.807) is 49.4 Å². The summed E-state index contributed by atoms with van der Waals surface area (Å²) in [5, 5.41) is 3.65. The number of hydrogen-bond acceptors (Lipinski definition) is 4. The van der Waals surface area contributed by atoms with Gasteiger partial charge in [0.15, 0.2) is 0 Å². The van der Waals surface area contributed by atoms with E-state index in [0.717, 1.165) is 21.0 Å². The maximum atomic E-state index is 14.3. The van der Waals surface area contributed by atoms with Crippen molar-refractivity contribution in [1.82, 2.24) is 10.2 Å². The zero-order chi connectivity index (χ0) is 31.2. The van der Waals surface area contributed by atoms with Crippen molar-refractivity contribution in [2.45, 2.75) is 77.9 Å². The number of hydrogen-bond donors (Lipinski definition) is 1. The molecule has 2 amide bonds. The molecular weight excluding hydrogens is 593 g/mol. The minimum atomic E-state index is -4.17. The van der Waals surface area contributed by atoms with Gasteiger partial charge in [-0.25, -0.2) is 8.42 Å². The summed E-state index contributed by atoms with van der Waals surface area (Å²) in [5.41, 5.74) is 3.37. The van der Waals surface area contributed by atoms with Crippen LogP contribution >= 0.6 is 23.2 Å². The van der Waals surface area contributed by atoms with Crippen LogP contribution in [0.25, 0.3) is 0 Å². The number of halogens is 2. The largest absolute Gasteiger partial charge is 0.352 e. The van der Waals surface area contributed by atoms with Crippen LogP contribution in [0.15, 0.2) is 65.6 Å². The molecule has 0 aliphatic rings. The van der Waals surface area contributed by atoms with Crippen LogP contribution in [-0.2, 0) is 26.2 Å². The van der Waals surface area contributed by atoms with Gasteiger partial charge >= 0.3 is 0 Å². The number of amides is 2. The van der Waals surface area contributed by atoms with Crippen molar-refractivity contribution in [2.75, 3.05) is 10.8 Å². The number of carbonyl (C=O) groups excluding carboxylic acids is 2. The van der Waals surface area contributed by atoms with Crippen LogP contribution in [0.3, 0.4) is 0 Å². The van der Waals surface area contributed by atoms with Crippen molar-refractivity contribution in [3.05, 3.63) is 93.0 Å². The quantitative estimate of drug-likeness (QED) is 0.237. The van der Waals surface area contributed by atoms with E-state index in [1.807, 2.05) is 40.7 Å². The van der Waals surface area contributed by atoms with E-state index in [-0.39, 0.29) is 23.4 Å². The molecule has 1 N–H and O–H groups in total. The highest BCUT2D eigenvalue weighted by Crippen LogP contribution is 2.31. The molecule has 0 saturated carbocycles. The Morgan fingerprint density at radius 3 is 2.05 bits per heavy atom. The van der Waals surface area contributed by atoms with Gasteiger partial charge in [0.05, 0.1) is 10.6 Å². The highest BCUT2D eigenvalue weighted by Gasteiger charge is 2.35. The van der Waals surface area contributed by atoms with E-state index in [2.05, 4.69) is 5.32 Å². The van der Waals surface area contributed by atoms with Gasteiger partial charge in [0, 0.05) is 28.2 Å². The number of aryl methyl sites for hydroxylation is 2. The Kier molecular flexibility index (Phi) is 11.5. The second kappa shape index (κ2) is 14.4. The summed E-state index contributed by atoms with van der Waals surface area (Å²) < 4.78 is 29.4. The third kappa shape index (κ3) is 7.65. The molecule has 0 radical (unpaired) electrons. The van der Waals surface area contributed by atoms with Crippen molar-refractivity contribution in [1.29, 1.82) is 0 Å². The third-order valence-corrected chi connectivity index (χ3v) is 9.99. The van der Waals surface area contributed by atoms with Crippen LogP contribution in [0.1, 0.15) is 55.9 Å². The second-order valence-electron chi connectivity index (χ2n) is 10.5. The number of benzene rings is 3. The van der Waals surface area contributed by atoms with Gasteiger partial charge in [-0.15, -0.1) is 0 Å². The number of nitrogens with zero attached hydrogens (tertiary/aromatic N) is 2. The SMILES string of the molecule is CCC(C)NC(=O)C(CC)N(Cc1c(Cl)cccc1Cl)C(=O)CN(c1cccc(C)c1C)S(=O)(=O)c1ccc(C)cc1. The van der Waals surface area contributed by atoms with Crippen molar-refractivity contribution < 1.29 is 18.0 Å². The fraction of sp³-hybridized carbons (Fsp3) is 0.375. The van der Waals surface area contributed by atoms with E-state index in [4.69, 9.17) is 23.2 Å². The molecule has 0 fully saturated rings. The smallest absolute Gasteiger partial charge is 0.264 e. The van der Waals surface area contributed by atoms with E-state index in [0.29, 0.717) is 34.1 Å². The van der Waals surface area contributed by atoms with E-state index in [9.17, 15) is 18.0 Å². The Morgan fingerprint density at radius 1 is 0.881 bits per heavy atom. The Balaban J connectivity index is 2.14. The molecule has 0 saturated heterocycles. The first kappa shape index (κ1) is 33.4. The lowest BCUT2D eigenvalue weighted by Gasteiger charge is -2.34. The summed E-state index contributed by atoms with van der Waals surface area (Å²) in [6.45, 7) is 10.6. The lowest BCUT2D eigenvalue weighted by atomic mass is 10.1. The summed E-state index contributed by atoms with van der Waals surface area (Å²) >= 11 is 13.0. The topological polar surface area (TPSA) is 86.8 Å². The Bertz CT molecular complexity index is 1510. The molecule has 7 nitrogen and oxygen atoms in total. The average molecular weight is 633 g/mol. The van der Waals surface area contributed by atoms with Gasteiger partial charge in [0.2, 0.25) is 11.8 Å². The van der Waals surface area contributed by atoms with E-state index in [1.165, 1.54) is 17.0 Å². The van der Waals surface area contributed by atoms with E-state index >= 15 is 0 Å². The van der Waals surface area contributed by atoms with Gasteiger partial charge in [-0.05, 0) is 82.0 Å². The normalized spacial score (nSPS) is 12.9. The number of rotatable bonds is 12. The first-order valence-electron chi connectivity index (χ1n) is 14.0. The molecule has 0 aliphatic carbocycles. The molecular formula is C32H39Cl2N3O4S. The highest BCUT2D eigenvalue weighted by atomic mass is 35.5. The molecule has 0 aromatic heterocycles. The standard InChI is InChI=1S/C32H39Cl2N3O4S/c1-7-23(5)35-32(39)29(8-2)36(19-26-27(33)12-10-13-28(26)34)31(38)20-37(30-14-9-11-22(4)24(30)6)42(40,41)25-17-15-21(3)16-18-25/h9-18,23,29H,7-8,19-20H2,1-6H3,(H,35,39). The number of nitrogens with one attached hydrogen (secondary N) is 1. The zero-order valence-corrected chi connectivity index (χ0v) is 27.3. The lowest BCUT2D eigenvalue weighted by Crippen LogP contribution is -2.53. The minimum Gasteiger partial charge on any atom is -0.352 e. The molecule has 0 heterocycles. The summed E-state index contributed by atoms with van der Waals surface area (Å²) in [5.74, 6) is -0.892. The molecule has 10 heteroatoms. The van der Waals surface area contributed by atoms with Crippen molar-refractivity contribution in [2.24, 2.45) is 0 Å². The zero-order valence-electron chi connectivity index (χ0n) is 24.9.